The van der Waals surface area contributed by atoms with Crippen molar-refractivity contribution in [3.8, 4) is 11.6 Å². The van der Waals surface area contributed by atoms with Crippen molar-refractivity contribution in [1.29, 1.82) is 0 Å². The molecule has 1 aliphatic carbocycles. The van der Waals surface area contributed by atoms with Crippen molar-refractivity contribution in [2.24, 2.45) is 5.41 Å². The van der Waals surface area contributed by atoms with E-state index in [2.05, 4.69) is 9.97 Å². The third-order valence-electron chi connectivity index (χ3n) is 5.29. The molecule has 0 spiro atoms. The summed E-state index contributed by atoms with van der Waals surface area (Å²) in [6, 6.07) is 10.8. The summed E-state index contributed by atoms with van der Waals surface area (Å²) in [4.78, 5) is 21.7. The van der Waals surface area contributed by atoms with Gasteiger partial charge in [0.25, 0.3) is 0 Å². The Balaban J connectivity index is 1.71. The molecule has 0 amide bonds. The maximum absolute atomic E-state index is 12.8. The minimum Gasteiger partial charge on any atom is -0.512 e. The minimum atomic E-state index is -0.241. The van der Waals surface area contributed by atoms with E-state index < -0.39 is 0 Å². The van der Waals surface area contributed by atoms with Crippen LogP contribution in [0.1, 0.15) is 44.7 Å². The van der Waals surface area contributed by atoms with Crippen LogP contribution in [0.3, 0.4) is 0 Å². The molecule has 1 heterocycles. The normalized spacial score (nSPS) is 16.2. The molecule has 6 heteroatoms. The van der Waals surface area contributed by atoms with Crippen LogP contribution in [0, 0.1) is 5.41 Å². The number of aliphatic hydroxyl groups excluding tert-OH is 1. The van der Waals surface area contributed by atoms with Gasteiger partial charge in [-0.3, -0.25) is 4.79 Å². The van der Waals surface area contributed by atoms with Gasteiger partial charge in [0.2, 0.25) is 5.88 Å². The number of halogens is 1. The Labute approximate surface area is 180 Å². The maximum Gasteiger partial charge on any atom is 0.238 e. The van der Waals surface area contributed by atoms with Gasteiger partial charge in [0.15, 0.2) is 5.78 Å². The van der Waals surface area contributed by atoms with Crippen molar-refractivity contribution in [3.63, 3.8) is 0 Å². The maximum atomic E-state index is 12.8. The number of carbonyl (C=O) groups excluding carboxylic acids is 1. The van der Waals surface area contributed by atoms with Crippen molar-refractivity contribution in [2.75, 3.05) is 0 Å². The van der Waals surface area contributed by atoms with Crippen molar-refractivity contribution in [3.05, 3.63) is 64.5 Å². The van der Waals surface area contributed by atoms with E-state index in [-0.39, 0.29) is 17.0 Å². The highest BCUT2D eigenvalue weighted by Gasteiger charge is 2.34. The average molecular weight is 423 g/mol. The molecule has 30 heavy (non-hydrogen) atoms. The van der Waals surface area contributed by atoms with Crippen LogP contribution in [-0.4, -0.2) is 20.9 Å². The Morgan fingerprint density at radius 2 is 1.93 bits per heavy atom. The molecule has 0 unspecified atom stereocenters. The number of ketones is 1. The van der Waals surface area contributed by atoms with Crippen molar-refractivity contribution in [2.45, 2.75) is 40.0 Å². The van der Waals surface area contributed by atoms with E-state index in [4.69, 9.17) is 16.3 Å². The van der Waals surface area contributed by atoms with Crippen LogP contribution in [-0.2, 0) is 11.2 Å². The lowest BCUT2D eigenvalue weighted by molar-refractivity contribution is -0.116. The van der Waals surface area contributed by atoms with Crippen LogP contribution in [0.5, 0.6) is 11.6 Å². The van der Waals surface area contributed by atoms with Crippen LogP contribution in [0.15, 0.2) is 48.4 Å². The largest absolute Gasteiger partial charge is 0.512 e. The van der Waals surface area contributed by atoms with Crippen molar-refractivity contribution >= 4 is 34.0 Å². The van der Waals surface area contributed by atoms with Gasteiger partial charge in [0, 0.05) is 17.9 Å². The van der Waals surface area contributed by atoms with Gasteiger partial charge >= 0.3 is 0 Å². The van der Waals surface area contributed by atoms with Crippen LogP contribution in [0.2, 0.25) is 5.02 Å². The molecule has 0 saturated carbocycles. The number of fused-ring (bicyclic) bond motifs is 1. The lowest BCUT2D eigenvalue weighted by Crippen LogP contribution is -2.25. The number of benzene rings is 2. The molecule has 0 radical (unpaired) electrons. The fraction of sp³-hybridized carbons (Fsp3) is 0.292. The smallest absolute Gasteiger partial charge is 0.238 e. The van der Waals surface area contributed by atoms with Gasteiger partial charge in [-0.25, -0.2) is 9.97 Å². The SMILES string of the molecule is CCc1ccc(Oc2cnc3cc(Cl)ccc3n2)cc1C1=C(O)CC(C)(C)CC1=O. The highest BCUT2D eigenvalue weighted by molar-refractivity contribution is 6.31. The number of carbonyl (C=O) groups is 1. The second-order valence-corrected chi connectivity index (χ2v) is 8.81. The molecule has 1 aromatic heterocycles. The third-order valence-corrected chi connectivity index (χ3v) is 5.52. The van der Waals surface area contributed by atoms with Gasteiger partial charge in [-0.05, 0) is 53.3 Å². The van der Waals surface area contributed by atoms with E-state index in [0.29, 0.717) is 51.7 Å². The number of allylic oxidation sites excluding steroid dienone is 2. The first-order valence-corrected chi connectivity index (χ1v) is 10.3. The second kappa shape index (κ2) is 7.73. The molecule has 4 rings (SSSR count). The van der Waals surface area contributed by atoms with Crippen LogP contribution in [0.4, 0.5) is 0 Å². The van der Waals surface area contributed by atoms with Gasteiger partial charge in [-0.15, -0.1) is 0 Å². The van der Waals surface area contributed by atoms with Gasteiger partial charge in [-0.1, -0.05) is 38.4 Å². The Morgan fingerprint density at radius 1 is 1.13 bits per heavy atom. The van der Waals surface area contributed by atoms with E-state index in [1.54, 1.807) is 24.3 Å². The van der Waals surface area contributed by atoms with E-state index in [9.17, 15) is 9.90 Å². The van der Waals surface area contributed by atoms with Crippen LogP contribution in [0.25, 0.3) is 16.6 Å². The first kappa shape index (κ1) is 20.4. The fourth-order valence-electron chi connectivity index (χ4n) is 3.89. The molecule has 1 N–H and O–H groups in total. The van der Waals surface area contributed by atoms with E-state index in [1.165, 1.54) is 6.20 Å². The second-order valence-electron chi connectivity index (χ2n) is 8.38. The molecule has 0 bridgehead atoms. The Morgan fingerprint density at radius 3 is 2.67 bits per heavy atom. The molecular formula is C24H23ClN2O3. The summed E-state index contributed by atoms with van der Waals surface area (Å²) in [7, 11) is 0. The Hall–Kier alpha value is -2.92. The quantitative estimate of drug-likeness (QED) is 0.534. The Kier molecular flexibility index (Phi) is 5.24. The Bertz CT molecular complexity index is 1180. The summed E-state index contributed by atoms with van der Waals surface area (Å²) in [5.41, 5.74) is 3.21. The summed E-state index contributed by atoms with van der Waals surface area (Å²) in [5, 5.41) is 11.3. The van der Waals surface area contributed by atoms with E-state index in [1.807, 2.05) is 32.9 Å². The molecule has 2 aromatic carbocycles. The summed E-state index contributed by atoms with van der Waals surface area (Å²) in [5.74, 6) is 0.973. The topological polar surface area (TPSA) is 72.3 Å². The molecule has 0 atom stereocenters. The number of hydrogen-bond donors (Lipinski definition) is 1. The highest BCUT2D eigenvalue weighted by Crippen LogP contribution is 2.41. The summed E-state index contributed by atoms with van der Waals surface area (Å²) in [6.45, 7) is 6.00. The zero-order valence-corrected chi connectivity index (χ0v) is 18.0. The standard InChI is InChI=1S/C24H23ClN2O3/c1-4-14-5-7-16(10-17(14)23-20(28)11-24(2,3)12-21(23)29)30-22-13-26-19-9-15(25)6-8-18(19)27-22/h5-10,13,28H,4,11-12H2,1-3H3. The number of nitrogens with zero attached hydrogens (tertiary/aromatic N) is 2. The summed E-state index contributed by atoms with van der Waals surface area (Å²) < 4.78 is 5.94. The molecule has 1 aliphatic rings. The van der Waals surface area contributed by atoms with Gasteiger partial charge in [0.1, 0.15) is 11.5 Å². The van der Waals surface area contributed by atoms with Gasteiger partial charge < -0.3 is 9.84 Å². The molecular weight excluding hydrogens is 400 g/mol. The molecule has 3 aromatic rings. The van der Waals surface area contributed by atoms with Crippen LogP contribution < -0.4 is 4.74 Å². The predicted octanol–water partition coefficient (Wildman–Crippen LogP) is 6.30. The number of rotatable bonds is 4. The fourth-order valence-corrected chi connectivity index (χ4v) is 4.06. The van der Waals surface area contributed by atoms with Gasteiger partial charge in [-0.2, -0.15) is 0 Å². The predicted molar refractivity (Wildman–Crippen MR) is 118 cm³/mol. The van der Waals surface area contributed by atoms with E-state index >= 15 is 0 Å². The molecule has 154 valence electrons. The van der Waals surface area contributed by atoms with Crippen molar-refractivity contribution < 1.29 is 14.6 Å². The zero-order chi connectivity index (χ0) is 21.5. The summed E-state index contributed by atoms with van der Waals surface area (Å²) in [6.07, 6.45) is 3.15. The molecule has 5 nitrogen and oxygen atoms in total. The molecule has 0 aliphatic heterocycles. The number of aromatic nitrogens is 2. The van der Waals surface area contributed by atoms with E-state index in [0.717, 1.165) is 12.0 Å². The first-order valence-electron chi connectivity index (χ1n) is 9.94. The molecule has 0 saturated heterocycles. The monoisotopic (exact) mass is 422 g/mol. The highest BCUT2D eigenvalue weighted by atomic mass is 35.5. The number of aliphatic hydroxyl groups is 1. The molecule has 0 fully saturated rings. The van der Waals surface area contributed by atoms with Gasteiger partial charge in [0.05, 0.1) is 22.8 Å². The lowest BCUT2D eigenvalue weighted by Gasteiger charge is -2.30. The zero-order valence-electron chi connectivity index (χ0n) is 17.2. The van der Waals surface area contributed by atoms with Crippen LogP contribution >= 0.6 is 11.6 Å². The number of aryl methyl sites for hydroxylation is 1. The summed E-state index contributed by atoms with van der Waals surface area (Å²) >= 11 is 6.00. The third kappa shape index (κ3) is 4.03. The first-order chi connectivity index (χ1) is 14.3. The average Bonchev–Trinajstić information content (AvgIpc) is 2.67. The van der Waals surface area contributed by atoms with Crippen molar-refractivity contribution in [1.82, 2.24) is 9.97 Å². The number of Topliss-reactive ketones (excluding diaryl/α,β-unsaturated/α-hetero) is 1. The number of ether oxygens (including phenoxy) is 1. The number of hydrogen-bond acceptors (Lipinski definition) is 5. The lowest BCUT2D eigenvalue weighted by atomic mass is 9.74. The minimum absolute atomic E-state index is 0.0435.